The zero-order valence-electron chi connectivity index (χ0n) is 10.1. The first-order valence-corrected chi connectivity index (χ1v) is 5.37. The topological polar surface area (TPSA) is 26.3 Å². The second-order valence-corrected chi connectivity index (χ2v) is 4.16. The number of methoxy groups -OCH3 is 1. The van der Waals surface area contributed by atoms with Crippen molar-refractivity contribution in [3.05, 3.63) is 42.0 Å². The van der Waals surface area contributed by atoms with Gasteiger partial charge in [0.1, 0.15) is 5.75 Å². The van der Waals surface area contributed by atoms with Crippen LogP contribution in [0.1, 0.15) is 30.6 Å². The lowest BCUT2D eigenvalue weighted by Crippen LogP contribution is -2.11. The van der Waals surface area contributed by atoms with Gasteiger partial charge in [0.2, 0.25) is 0 Å². The third-order valence-corrected chi connectivity index (χ3v) is 2.48. The van der Waals surface area contributed by atoms with Gasteiger partial charge in [-0.1, -0.05) is 12.5 Å². The molecule has 1 atom stereocenters. The number of Topliss-reactive ketones (excluding diaryl/α,β-unsaturated/α-hetero) is 1. The van der Waals surface area contributed by atoms with Crippen LogP contribution in [0, 0.1) is 5.92 Å². The second kappa shape index (κ2) is 5.50. The van der Waals surface area contributed by atoms with Crippen LogP contribution in [0.3, 0.4) is 0 Å². The molecular weight excluding hydrogens is 200 g/mol. The second-order valence-electron chi connectivity index (χ2n) is 4.16. The molecule has 1 rings (SSSR count). The van der Waals surface area contributed by atoms with Gasteiger partial charge in [0.15, 0.2) is 5.78 Å². The number of allylic oxidation sites excluding steroid dienone is 1. The Hall–Kier alpha value is -1.57. The van der Waals surface area contributed by atoms with Crippen LogP contribution >= 0.6 is 0 Å². The van der Waals surface area contributed by atoms with Gasteiger partial charge in [-0.05, 0) is 37.6 Å². The van der Waals surface area contributed by atoms with Gasteiger partial charge in [0.25, 0.3) is 0 Å². The zero-order valence-corrected chi connectivity index (χ0v) is 10.1. The van der Waals surface area contributed by atoms with E-state index in [1.165, 1.54) is 0 Å². The van der Waals surface area contributed by atoms with Crippen LogP contribution in [-0.4, -0.2) is 12.9 Å². The maximum atomic E-state index is 12.0. The number of carbonyl (C=O) groups excluding carboxylic acids is 1. The molecule has 0 heterocycles. The summed E-state index contributed by atoms with van der Waals surface area (Å²) in [6.07, 6.45) is 0.741. The van der Waals surface area contributed by atoms with E-state index in [2.05, 4.69) is 6.58 Å². The normalized spacial score (nSPS) is 11.9. The molecule has 0 aliphatic rings. The molecule has 86 valence electrons. The molecule has 0 amide bonds. The highest BCUT2D eigenvalue weighted by atomic mass is 16.5. The van der Waals surface area contributed by atoms with E-state index >= 15 is 0 Å². The Bertz CT molecular complexity index is 376. The summed E-state index contributed by atoms with van der Waals surface area (Å²) in [5, 5.41) is 0. The first-order chi connectivity index (χ1) is 7.54. The summed E-state index contributed by atoms with van der Waals surface area (Å²) < 4.78 is 5.05. The van der Waals surface area contributed by atoms with Gasteiger partial charge in [0, 0.05) is 11.5 Å². The van der Waals surface area contributed by atoms with Crippen LogP contribution in [0.5, 0.6) is 5.75 Å². The Balaban J connectivity index is 2.75. The summed E-state index contributed by atoms with van der Waals surface area (Å²) in [7, 11) is 1.61. The van der Waals surface area contributed by atoms with E-state index in [1.54, 1.807) is 31.4 Å². The van der Waals surface area contributed by atoms with Gasteiger partial charge >= 0.3 is 0 Å². The van der Waals surface area contributed by atoms with E-state index in [9.17, 15) is 4.79 Å². The molecule has 0 fully saturated rings. The first-order valence-electron chi connectivity index (χ1n) is 5.37. The first kappa shape index (κ1) is 12.5. The summed E-state index contributed by atoms with van der Waals surface area (Å²) in [6, 6.07) is 7.22. The molecule has 16 heavy (non-hydrogen) atoms. The number of ether oxygens (including phenoxy) is 1. The van der Waals surface area contributed by atoms with Gasteiger partial charge in [-0.15, -0.1) is 6.58 Å². The smallest absolute Gasteiger partial charge is 0.165 e. The zero-order chi connectivity index (χ0) is 12.1. The van der Waals surface area contributed by atoms with Gasteiger partial charge in [-0.3, -0.25) is 4.79 Å². The molecule has 0 radical (unpaired) electrons. The third-order valence-electron chi connectivity index (χ3n) is 2.48. The molecule has 0 aliphatic heterocycles. The number of rotatable bonds is 5. The van der Waals surface area contributed by atoms with Gasteiger partial charge in [-0.25, -0.2) is 0 Å². The Morgan fingerprint density at radius 1 is 1.38 bits per heavy atom. The molecule has 2 heteroatoms. The van der Waals surface area contributed by atoms with Gasteiger partial charge < -0.3 is 4.74 Å². The van der Waals surface area contributed by atoms with E-state index < -0.39 is 0 Å². The fourth-order valence-corrected chi connectivity index (χ4v) is 1.66. The molecule has 0 aliphatic carbocycles. The predicted octanol–water partition coefficient (Wildman–Crippen LogP) is 3.48. The molecule has 0 bridgehead atoms. The minimum absolute atomic E-state index is 0.00843. The minimum atomic E-state index is -0.00843. The fraction of sp³-hybridized carbons (Fsp3) is 0.357. The lowest BCUT2D eigenvalue weighted by molar-refractivity contribution is 0.0929. The summed E-state index contributed by atoms with van der Waals surface area (Å²) in [6.45, 7) is 7.70. The van der Waals surface area contributed by atoms with Crippen LogP contribution in [0.15, 0.2) is 36.4 Å². The molecule has 0 saturated heterocycles. The Kier molecular flexibility index (Phi) is 4.29. The van der Waals surface area contributed by atoms with Crippen molar-refractivity contribution in [1.29, 1.82) is 0 Å². The molecular formula is C14H18O2. The number of ketones is 1. The average Bonchev–Trinajstić information content (AvgIpc) is 2.27. The van der Waals surface area contributed by atoms with Crippen molar-refractivity contribution >= 4 is 5.78 Å². The van der Waals surface area contributed by atoms with Crippen LogP contribution < -0.4 is 4.74 Å². The van der Waals surface area contributed by atoms with Crippen LogP contribution in [0.25, 0.3) is 0 Å². The van der Waals surface area contributed by atoms with Crippen molar-refractivity contribution in [1.82, 2.24) is 0 Å². The quantitative estimate of drug-likeness (QED) is 0.558. The maximum Gasteiger partial charge on any atom is 0.165 e. The molecule has 2 nitrogen and oxygen atoms in total. The Labute approximate surface area is 96.9 Å². The van der Waals surface area contributed by atoms with E-state index in [1.807, 2.05) is 13.8 Å². The van der Waals surface area contributed by atoms with Crippen molar-refractivity contribution in [3.8, 4) is 5.75 Å². The standard InChI is InChI=1S/C14H18O2/c1-10(2)9-11(3)14(15)12-5-7-13(16-4)8-6-12/h5-8,11H,1,9H2,2-4H3. The third kappa shape index (κ3) is 3.23. The van der Waals surface area contributed by atoms with E-state index in [4.69, 9.17) is 4.74 Å². The number of carbonyl (C=O) groups is 1. The summed E-state index contributed by atoms with van der Waals surface area (Å²) in [5.74, 6) is 0.917. The Morgan fingerprint density at radius 3 is 2.38 bits per heavy atom. The number of benzene rings is 1. The van der Waals surface area contributed by atoms with Crippen molar-refractivity contribution in [2.45, 2.75) is 20.3 Å². The number of hydrogen-bond donors (Lipinski definition) is 0. The van der Waals surface area contributed by atoms with Crippen LogP contribution in [0.2, 0.25) is 0 Å². The predicted molar refractivity (Wildman–Crippen MR) is 65.9 cm³/mol. The van der Waals surface area contributed by atoms with Crippen molar-refractivity contribution in [3.63, 3.8) is 0 Å². The summed E-state index contributed by atoms with van der Waals surface area (Å²) >= 11 is 0. The molecule has 0 N–H and O–H groups in total. The maximum absolute atomic E-state index is 12.0. The van der Waals surface area contributed by atoms with E-state index in [-0.39, 0.29) is 11.7 Å². The van der Waals surface area contributed by atoms with Gasteiger partial charge in [-0.2, -0.15) is 0 Å². The SMILES string of the molecule is C=C(C)CC(C)C(=O)c1ccc(OC)cc1. The minimum Gasteiger partial charge on any atom is -0.497 e. The average molecular weight is 218 g/mol. The molecule has 0 spiro atoms. The van der Waals surface area contributed by atoms with Crippen molar-refractivity contribution in [2.24, 2.45) is 5.92 Å². The van der Waals surface area contributed by atoms with Crippen LogP contribution in [-0.2, 0) is 0 Å². The largest absolute Gasteiger partial charge is 0.497 e. The molecule has 0 saturated carbocycles. The summed E-state index contributed by atoms with van der Waals surface area (Å²) in [5.41, 5.74) is 1.77. The molecule has 1 aromatic rings. The monoisotopic (exact) mass is 218 g/mol. The molecule has 0 aromatic heterocycles. The molecule has 1 aromatic carbocycles. The summed E-state index contributed by atoms with van der Waals surface area (Å²) in [4.78, 5) is 12.0. The highest BCUT2D eigenvalue weighted by Crippen LogP contribution is 2.18. The fourth-order valence-electron chi connectivity index (χ4n) is 1.66. The Morgan fingerprint density at radius 2 is 1.94 bits per heavy atom. The van der Waals surface area contributed by atoms with Crippen LogP contribution in [0.4, 0.5) is 0 Å². The lowest BCUT2D eigenvalue weighted by atomic mass is 9.94. The van der Waals surface area contributed by atoms with E-state index in [0.717, 1.165) is 23.3 Å². The number of hydrogen-bond acceptors (Lipinski definition) is 2. The lowest BCUT2D eigenvalue weighted by Gasteiger charge is -2.10. The van der Waals surface area contributed by atoms with Gasteiger partial charge in [0.05, 0.1) is 7.11 Å². The van der Waals surface area contributed by atoms with E-state index in [0.29, 0.717) is 0 Å². The highest BCUT2D eigenvalue weighted by Gasteiger charge is 2.14. The molecule has 1 unspecified atom stereocenters. The van der Waals surface area contributed by atoms with Crippen molar-refractivity contribution < 1.29 is 9.53 Å². The van der Waals surface area contributed by atoms with Crippen molar-refractivity contribution in [2.75, 3.05) is 7.11 Å². The highest BCUT2D eigenvalue weighted by molar-refractivity contribution is 5.97.